The Labute approximate surface area is 185 Å². The number of nitrogens with zero attached hydrogens (tertiary/aromatic N) is 2. The molecule has 0 aliphatic heterocycles. The van der Waals surface area contributed by atoms with Gasteiger partial charge < -0.3 is 15.5 Å². The first-order chi connectivity index (χ1) is 14.5. The number of nitrogens with one attached hydrogen (secondary N) is 3. The summed E-state index contributed by atoms with van der Waals surface area (Å²) in [5.74, 6) is -0.807. The van der Waals surface area contributed by atoms with Gasteiger partial charge in [-0.05, 0) is 66.8 Å². The summed E-state index contributed by atoms with van der Waals surface area (Å²) in [6.07, 6.45) is 2.51. The standard InChI is InChI=1S/C20H41N5O6/c1-15(23-29)19(2,3)25-31-14-13-22-20(4,5)16(24-30)11-12-21-17(26)9-7-6-8-10-18(27)28/h15-17,21-22,25-26H,6-14H2,1-5H3,(H,27,28). The van der Waals surface area contributed by atoms with E-state index in [4.69, 9.17) is 9.94 Å². The third-order valence-corrected chi connectivity index (χ3v) is 5.45. The number of aliphatic carboxylic acids is 1. The van der Waals surface area contributed by atoms with E-state index in [1.165, 1.54) is 0 Å². The van der Waals surface area contributed by atoms with Crippen LogP contribution in [0.2, 0.25) is 0 Å². The Kier molecular flexibility index (Phi) is 14.5. The summed E-state index contributed by atoms with van der Waals surface area (Å²) in [5.41, 5.74) is 1.67. The van der Waals surface area contributed by atoms with Crippen molar-refractivity contribution in [3.05, 3.63) is 9.81 Å². The lowest BCUT2D eigenvalue weighted by atomic mass is 9.92. The first kappa shape index (κ1) is 29.5. The molecule has 0 saturated heterocycles. The summed E-state index contributed by atoms with van der Waals surface area (Å²) in [6, 6.07) is -0.959. The fourth-order valence-corrected chi connectivity index (χ4v) is 2.82. The van der Waals surface area contributed by atoms with Gasteiger partial charge in [0.25, 0.3) is 0 Å². The minimum Gasteiger partial charge on any atom is -0.481 e. The fourth-order valence-electron chi connectivity index (χ4n) is 2.82. The van der Waals surface area contributed by atoms with Gasteiger partial charge >= 0.3 is 5.97 Å². The van der Waals surface area contributed by atoms with Gasteiger partial charge in [-0.2, -0.15) is 15.3 Å². The van der Waals surface area contributed by atoms with Gasteiger partial charge in [-0.1, -0.05) is 16.8 Å². The Morgan fingerprint density at radius 1 is 1.00 bits per heavy atom. The van der Waals surface area contributed by atoms with Crippen LogP contribution in [0.1, 0.15) is 73.1 Å². The topological polar surface area (TPSA) is 162 Å². The highest BCUT2D eigenvalue weighted by Gasteiger charge is 2.30. The van der Waals surface area contributed by atoms with E-state index >= 15 is 0 Å². The molecule has 0 fully saturated rings. The van der Waals surface area contributed by atoms with Crippen molar-refractivity contribution >= 4 is 5.97 Å². The molecule has 182 valence electrons. The molecule has 3 unspecified atom stereocenters. The number of carbonyl (C=O) groups is 1. The molecule has 0 aromatic heterocycles. The van der Waals surface area contributed by atoms with Crippen LogP contribution in [0.25, 0.3) is 0 Å². The van der Waals surface area contributed by atoms with Crippen molar-refractivity contribution in [1.82, 2.24) is 16.1 Å². The van der Waals surface area contributed by atoms with E-state index in [-0.39, 0.29) is 6.42 Å². The minimum absolute atomic E-state index is 0.145. The SMILES string of the molecule is CC(N=O)C(C)(C)NOCCNC(C)(C)C(CCNC(O)CCCCCC(=O)O)N=O. The Bertz CT molecular complexity index is 532. The molecule has 11 nitrogen and oxygen atoms in total. The molecule has 0 bridgehead atoms. The van der Waals surface area contributed by atoms with Crippen LogP contribution >= 0.6 is 0 Å². The smallest absolute Gasteiger partial charge is 0.303 e. The van der Waals surface area contributed by atoms with Crippen molar-refractivity contribution in [3.63, 3.8) is 0 Å². The molecule has 0 rings (SSSR count). The quantitative estimate of drug-likeness (QED) is 0.0815. The normalized spacial score (nSPS) is 15.3. The average molecular weight is 448 g/mol. The maximum absolute atomic E-state index is 11.3. The fraction of sp³-hybridized carbons (Fsp3) is 0.950. The number of nitroso groups, excluding NO2 is 2. The predicted molar refractivity (Wildman–Crippen MR) is 119 cm³/mol. The van der Waals surface area contributed by atoms with E-state index in [9.17, 15) is 19.7 Å². The number of hydrogen-bond donors (Lipinski definition) is 5. The minimum atomic E-state index is -0.807. The van der Waals surface area contributed by atoms with Crippen LogP contribution < -0.4 is 16.1 Å². The van der Waals surface area contributed by atoms with Crippen molar-refractivity contribution in [2.45, 2.75) is 103 Å². The molecule has 0 aliphatic carbocycles. The monoisotopic (exact) mass is 447 g/mol. The molecule has 31 heavy (non-hydrogen) atoms. The maximum atomic E-state index is 11.3. The molecule has 0 amide bonds. The van der Waals surface area contributed by atoms with Crippen molar-refractivity contribution in [1.29, 1.82) is 0 Å². The van der Waals surface area contributed by atoms with Crippen LogP contribution in [-0.2, 0) is 9.63 Å². The van der Waals surface area contributed by atoms with Gasteiger partial charge in [-0.25, -0.2) is 0 Å². The zero-order chi connectivity index (χ0) is 23.9. The predicted octanol–water partition coefficient (Wildman–Crippen LogP) is 2.28. The highest BCUT2D eigenvalue weighted by atomic mass is 16.6. The summed E-state index contributed by atoms with van der Waals surface area (Å²) >= 11 is 0. The third-order valence-electron chi connectivity index (χ3n) is 5.45. The van der Waals surface area contributed by atoms with E-state index in [2.05, 4.69) is 26.5 Å². The summed E-state index contributed by atoms with van der Waals surface area (Å²) < 4.78 is 0. The third kappa shape index (κ3) is 13.5. The van der Waals surface area contributed by atoms with Crippen molar-refractivity contribution in [3.8, 4) is 0 Å². The van der Waals surface area contributed by atoms with Crippen LogP contribution in [0.5, 0.6) is 0 Å². The Morgan fingerprint density at radius 2 is 1.68 bits per heavy atom. The second-order valence-corrected chi connectivity index (χ2v) is 8.97. The Balaban J connectivity index is 4.12. The number of aliphatic hydroxyl groups excluding tert-OH is 1. The zero-order valence-corrected chi connectivity index (χ0v) is 19.5. The molecule has 5 N–H and O–H groups in total. The van der Waals surface area contributed by atoms with Gasteiger partial charge in [-0.3, -0.25) is 14.9 Å². The van der Waals surface area contributed by atoms with E-state index in [1.54, 1.807) is 6.92 Å². The van der Waals surface area contributed by atoms with Crippen molar-refractivity contribution < 1.29 is 19.8 Å². The molecule has 3 atom stereocenters. The highest BCUT2D eigenvalue weighted by molar-refractivity contribution is 5.66. The molecule has 0 saturated carbocycles. The van der Waals surface area contributed by atoms with E-state index < -0.39 is 35.4 Å². The lowest BCUT2D eigenvalue weighted by Crippen LogP contribution is -2.52. The largest absolute Gasteiger partial charge is 0.481 e. The molecule has 0 spiro atoms. The van der Waals surface area contributed by atoms with Crippen LogP contribution in [0.4, 0.5) is 0 Å². The molecule has 11 heteroatoms. The lowest BCUT2D eigenvalue weighted by molar-refractivity contribution is -0.137. The second-order valence-electron chi connectivity index (χ2n) is 8.97. The van der Waals surface area contributed by atoms with Crippen molar-refractivity contribution in [2.75, 3.05) is 19.7 Å². The van der Waals surface area contributed by atoms with Gasteiger partial charge in [-0.15, -0.1) is 0 Å². The van der Waals surface area contributed by atoms with Gasteiger partial charge in [0.1, 0.15) is 18.3 Å². The molecule has 0 aromatic rings. The number of unbranched alkanes of at least 4 members (excludes halogenated alkanes) is 2. The second kappa shape index (κ2) is 15.3. The Morgan fingerprint density at radius 3 is 2.26 bits per heavy atom. The first-order valence-corrected chi connectivity index (χ1v) is 10.9. The zero-order valence-electron chi connectivity index (χ0n) is 19.5. The molecular formula is C20H41N5O6. The van der Waals surface area contributed by atoms with Gasteiger partial charge in [0.05, 0.1) is 12.1 Å². The van der Waals surface area contributed by atoms with Crippen LogP contribution in [-0.4, -0.2) is 65.3 Å². The van der Waals surface area contributed by atoms with E-state index in [0.29, 0.717) is 39.0 Å². The molecule has 0 heterocycles. The number of rotatable bonds is 20. The average Bonchev–Trinajstić information content (AvgIpc) is 2.69. The number of hydroxylamine groups is 1. The maximum Gasteiger partial charge on any atom is 0.303 e. The van der Waals surface area contributed by atoms with E-state index in [0.717, 1.165) is 12.8 Å². The highest BCUT2D eigenvalue weighted by Crippen LogP contribution is 2.16. The van der Waals surface area contributed by atoms with Gasteiger partial charge in [0.15, 0.2) is 0 Å². The Hall–Kier alpha value is -1.53. The van der Waals surface area contributed by atoms with Crippen molar-refractivity contribution in [2.24, 2.45) is 10.4 Å². The van der Waals surface area contributed by atoms with Gasteiger partial charge in [0, 0.05) is 18.5 Å². The molecule has 0 aromatic carbocycles. The number of aliphatic hydroxyl groups is 1. The number of carboxylic acids is 1. The molecule has 0 aliphatic rings. The van der Waals surface area contributed by atoms with Crippen LogP contribution in [0.15, 0.2) is 10.4 Å². The number of carboxylic acid groups (broad SMARTS) is 1. The summed E-state index contributed by atoms with van der Waals surface area (Å²) in [5, 5.41) is 31.0. The van der Waals surface area contributed by atoms with Crippen LogP contribution in [0, 0.1) is 9.81 Å². The summed E-state index contributed by atoms with van der Waals surface area (Å²) in [6.45, 7) is 10.3. The molecular weight excluding hydrogens is 406 g/mol. The molecule has 0 radical (unpaired) electrons. The summed E-state index contributed by atoms with van der Waals surface area (Å²) in [7, 11) is 0. The lowest BCUT2D eigenvalue weighted by Gasteiger charge is -2.32. The van der Waals surface area contributed by atoms with Crippen LogP contribution in [0.3, 0.4) is 0 Å². The first-order valence-electron chi connectivity index (χ1n) is 10.9. The summed E-state index contributed by atoms with van der Waals surface area (Å²) in [4.78, 5) is 37.9. The number of hydrogen-bond acceptors (Lipinski definition) is 10. The van der Waals surface area contributed by atoms with Gasteiger partial charge in [0.2, 0.25) is 0 Å². The van der Waals surface area contributed by atoms with E-state index in [1.807, 2.05) is 27.7 Å².